The van der Waals surface area contributed by atoms with Gasteiger partial charge in [0.1, 0.15) is 6.10 Å². The van der Waals surface area contributed by atoms with E-state index < -0.39 is 0 Å². The van der Waals surface area contributed by atoms with Gasteiger partial charge in [-0.2, -0.15) is 0 Å². The molecule has 0 bridgehead atoms. The maximum atomic E-state index is 9.17. The monoisotopic (exact) mass is 194 g/mol. The third-order valence-corrected chi connectivity index (χ3v) is 2.51. The molecule has 0 aromatic heterocycles. The molecule has 1 aromatic rings. The van der Waals surface area contributed by atoms with E-state index in [4.69, 9.17) is 4.74 Å². The van der Waals surface area contributed by atoms with E-state index in [0.29, 0.717) is 0 Å². The number of methoxy groups -OCH3 is 1. The molecule has 0 heterocycles. The molecule has 2 nitrogen and oxygen atoms in total. The van der Waals surface area contributed by atoms with Crippen molar-refractivity contribution in [3.8, 4) is 0 Å². The van der Waals surface area contributed by atoms with Gasteiger partial charge in [0.2, 0.25) is 0 Å². The van der Waals surface area contributed by atoms with Gasteiger partial charge >= 0.3 is 0 Å². The summed E-state index contributed by atoms with van der Waals surface area (Å²) in [4.78, 5) is 0. The van der Waals surface area contributed by atoms with Crippen LogP contribution in [0.4, 0.5) is 0 Å². The van der Waals surface area contributed by atoms with E-state index in [2.05, 4.69) is 32.9 Å². The van der Waals surface area contributed by atoms with Gasteiger partial charge in [-0.25, -0.2) is 0 Å². The molecule has 78 valence electrons. The average molecular weight is 194 g/mol. The second-order valence-electron chi connectivity index (χ2n) is 3.72. The average Bonchev–Trinajstić information content (AvgIpc) is 2.10. The van der Waals surface area contributed by atoms with Gasteiger partial charge in [0.05, 0.1) is 6.61 Å². The number of benzene rings is 1. The van der Waals surface area contributed by atoms with Gasteiger partial charge < -0.3 is 9.84 Å². The van der Waals surface area contributed by atoms with Crippen LogP contribution < -0.4 is 0 Å². The quantitative estimate of drug-likeness (QED) is 0.800. The lowest BCUT2D eigenvalue weighted by Crippen LogP contribution is -2.10. The highest BCUT2D eigenvalue weighted by Gasteiger charge is 2.14. The van der Waals surface area contributed by atoms with E-state index in [1.54, 1.807) is 7.11 Å². The number of aliphatic hydroxyl groups is 1. The second-order valence-corrected chi connectivity index (χ2v) is 3.72. The largest absolute Gasteiger partial charge is 0.393 e. The molecule has 0 fully saturated rings. The number of ether oxygens (including phenoxy) is 1. The highest BCUT2D eigenvalue weighted by atomic mass is 16.5. The fourth-order valence-electron chi connectivity index (χ4n) is 1.98. The molecule has 1 atom stereocenters. The summed E-state index contributed by atoms with van der Waals surface area (Å²) < 4.78 is 5.24. The summed E-state index contributed by atoms with van der Waals surface area (Å²) in [7, 11) is 1.62. The molecule has 1 rings (SSSR count). The van der Waals surface area contributed by atoms with E-state index in [1.165, 1.54) is 16.7 Å². The Morgan fingerprint density at radius 1 is 1.21 bits per heavy atom. The molecule has 2 heteroatoms. The molecular weight excluding hydrogens is 176 g/mol. The Labute approximate surface area is 85.5 Å². The Bertz CT molecular complexity index is 291. The normalized spacial score (nSPS) is 12.9. The fraction of sp³-hybridized carbons (Fsp3) is 0.500. The molecule has 0 aliphatic carbocycles. The number of aliphatic hydroxyl groups excluding tert-OH is 1. The molecule has 0 aliphatic rings. The van der Waals surface area contributed by atoms with Crippen LogP contribution in [0.25, 0.3) is 0 Å². The van der Waals surface area contributed by atoms with Crippen molar-refractivity contribution in [3.63, 3.8) is 0 Å². The van der Waals surface area contributed by atoms with Gasteiger partial charge in [0.25, 0.3) is 0 Å². The molecule has 0 saturated heterocycles. The molecule has 14 heavy (non-hydrogen) atoms. The number of hydrogen-bond donors (Lipinski definition) is 1. The van der Waals surface area contributed by atoms with Crippen molar-refractivity contribution < 1.29 is 9.84 Å². The Morgan fingerprint density at radius 3 is 2.07 bits per heavy atom. The van der Waals surface area contributed by atoms with E-state index in [9.17, 15) is 5.11 Å². The zero-order valence-electron chi connectivity index (χ0n) is 9.29. The van der Waals surface area contributed by atoms with Crippen molar-refractivity contribution in [2.75, 3.05) is 13.7 Å². The van der Waals surface area contributed by atoms with Crippen molar-refractivity contribution in [1.29, 1.82) is 0 Å². The Kier molecular flexibility index (Phi) is 3.67. The lowest BCUT2D eigenvalue weighted by Gasteiger charge is -2.18. The first kappa shape index (κ1) is 11.2. The van der Waals surface area contributed by atoms with Crippen LogP contribution in [0.5, 0.6) is 0 Å². The second kappa shape index (κ2) is 4.58. The minimum atomic E-state index is -0.199. The maximum absolute atomic E-state index is 9.17. The molecule has 0 spiro atoms. The first-order valence-electron chi connectivity index (χ1n) is 4.81. The SMILES string of the molecule is COC(CO)c1c(C)cc(C)cc1C. The van der Waals surface area contributed by atoms with Crippen molar-refractivity contribution in [1.82, 2.24) is 0 Å². The summed E-state index contributed by atoms with van der Waals surface area (Å²) in [6, 6.07) is 4.23. The minimum absolute atomic E-state index is 0.0290. The summed E-state index contributed by atoms with van der Waals surface area (Å²) in [6.07, 6.45) is -0.199. The van der Waals surface area contributed by atoms with Crippen LogP contribution in [0.3, 0.4) is 0 Å². The summed E-state index contributed by atoms with van der Waals surface area (Å²) in [5.41, 5.74) is 4.73. The van der Waals surface area contributed by atoms with Crippen LogP contribution in [0.1, 0.15) is 28.4 Å². The summed E-state index contributed by atoms with van der Waals surface area (Å²) in [5.74, 6) is 0. The Balaban J connectivity index is 3.19. The highest BCUT2D eigenvalue weighted by molar-refractivity contribution is 5.39. The Morgan fingerprint density at radius 2 is 1.71 bits per heavy atom. The first-order chi connectivity index (χ1) is 6.60. The summed E-state index contributed by atoms with van der Waals surface area (Å²) >= 11 is 0. The van der Waals surface area contributed by atoms with Gasteiger partial charge in [-0.3, -0.25) is 0 Å². The smallest absolute Gasteiger partial charge is 0.106 e. The highest BCUT2D eigenvalue weighted by Crippen LogP contribution is 2.25. The van der Waals surface area contributed by atoms with Crippen LogP contribution in [0.15, 0.2) is 12.1 Å². The minimum Gasteiger partial charge on any atom is -0.393 e. The number of aryl methyl sites for hydroxylation is 3. The first-order valence-corrected chi connectivity index (χ1v) is 4.81. The lowest BCUT2D eigenvalue weighted by atomic mass is 9.96. The molecule has 1 aromatic carbocycles. The van der Waals surface area contributed by atoms with Crippen LogP contribution in [0, 0.1) is 20.8 Å². The zero-order chi connectivity index (χ0) is 10.7. The van der Waals surface area contributed by atoms with E-state index in [-0.39, 0.29) is 12.7 Å². The van der Waals surface area contributed by atoms with Crippen molar-refractivity contribution in [3.05, 3.63) is 34.4 Å². The van der Waals surface area contributed by atoms with Crippen molar-refractivity contribution >= 4 is 0 Å². The third kappa shape index (κ3) is 2.14. The van der Waals surface area contributed by atoms with Gasteiger partial charge in [-0.05, 0) is 37.5 Å². The lowest BCUT2D eigenvalue weighted by molar-refractivity contribution is 0.0475. The predicted molar refractivity (Wildman–Crippen MR) is 57.5 cm³/mol. The summed E-state index contributed by atoms with van der Waals surface area (Å²) in [5, 5.41) is 9.17. The van der Waals surface area contributed by atoms with Gasteiger partial charge in [0.15, 0.2) is 0 Å². The molecule has 1 unspecified atom stereocenters. The molecule has 0 amide bonds. The zero-order valence-corrected chi connectivity index (χ0v) is 9.29. The predicted octanol–water partition coefficient (Wildman–Crippen LogP) is 2.29. The van der Waals surface area contributed by atoms with Crippen LogP contribution >= 0.6 is 0 Å². The van der Waals surface area contributed by atoms with Gasteiger partial charge in [0, 0.05) is 7.11 Å². The molecule has 0 aliphatic heterocycles. The van der Waals surface area contributed by atoms with E-state index >= 15 is 0 Å². The van der Waals surface area contributed by atoms with Gasteiger partial charge in [-0.1, -0.05) is 17.7 Å². The maximum Gasteiger partial charge on any atom is 0.106 e. The van der Waals surface area contributed by atoms with Crippen LogP contribution in [0.2, 0.25) is 0 Å². The van der Waals surface area contributed by atoms with Crippen molar-refractivity contribution in [2.45, 2.75) is 26.9 Å². The van der Waals surface area contributed by atoms with Crippen LogP contribution in [-0.2, 0) is 4.74 Å². The van der Waals surface area contributed by atoms with E-state index in [0.717, 1.165) is 5.56 Å². The molecule has 0 saturated carbocycles. The topological polar surface area (TPSA) is 29.5 Å². The Hall–Kier alpha value is -0.860. The molecule has 0 radical (unpaired) electrons. The number of hydrogen-bond acceptors (Lipinski definition) is 2. The standard InChI is InChI=1S/C12H18O2/c1-8-5-9(2)12(10(3)6-8)11(7-13)14-4/h5-6,11,13H,7H2,1-4H3. The summed E-state index contributed by atoms with van der Waals surface area (Å²) in [6.45, 7) is 6.21. The fourth-order valence-corrected chi connectivity index (χ4v) is 1.98. The van der Waals surface area contributed by atoms with Gasteiger partial charge in [-0.15, -0.1) is 0 Å². The number of rotatable bonds is 3. The molecule has 1 N–H and O–H groups in total. The van der Waals surface area contributed by atoms with Crippen LogP contribution in [-0.4, -0.2) is 18.8 Å². The van der Waals surface area contributed by atoms with E-state index in [1.807, 2.05) is 0 Å². The molecular formula is C12H18O2. The third-order valence-electron chi connectivity index (χ3n) is 2.51. The van der Waals surface area contributed by atoms with Crippen molar-refractivity contribution in [2.24, 2.45) is 0 Å².